The number of hydrogen-bond acceptors (Lipinski definition) is 1. The fraction of sp³-hybridized carbons (Fsp3) is 0.300. The average Bonchev–Trinajstić information content (AvgIpc) is 2.04. The van der Waals surface area contributed by atoms with Gasteiger partial charge in [0.05, 0.1) is 0 Å². The van der Waals surface area contributed by atoms with E-state index in [2.05, 4.69) is 50.7 Å². The first-order valence-corrected chi connectivity index (χ1v) is 4.49. The molecule has 13 heavy (non-hydrogen) atoms. The van der Waals surface area contributed by atoms with Gasteiger partial charge in [0.2, 0.25) is 0 Å². The van der Waals surface area contributed by atoms with Gasteiger partial charge in [-0.1, -0.05) is 43.8 Å². The molecule has 0 heterocycles. The maximum Gasteiger partial charge on any atom is 0.361 e. The van der Waals surface area contributed by atoms with Crippen molar-refractivity contribution in [2.75, 3.05) is 0 Å². The minimum Gasteiger partial charge on any atom is -0.473 e. The standard InChI is InChI=1S/C9H12.CH2O2S/c1-3-9-7-5-4-6-8(9)2;2-1(3)4/h4-7H,3H2,1-2H3;4H,(H,2,3). The molecule has 2 nitrogen and oxygen atoms in total. The molecule has 1 aromatic carbocycles. The van der Waals surface area contributed by atoms with Crippen LogP contribution in [-0.2, 0) is 6.42 Å². The Labute approximate surface area is 84.0 Å². The molecule has 3 heteroatoms. The van der Waals surface area contributed by atoms with Crippen LogP contribution in [0.2, 0.25) is 0 Å². The van der Waals surface area contributed by atoms with E-state index in [1.807, 2.05) is 0 Å². The van der Waals surface area contributed by atoms with Crippen LogP contribution in [-0.4, -0.2) is 10.4 Å². The van der Waals surface area contributed by atoms with Crippen molar-refractivity contribution in [1.29, 1.82) is 0 Å². The minimum absolute atomic E-state index is 1.14. The molecule has 0 aliphatic carbocycles. The average molecular weight is 198 g/mol. The molecule has 0 fully saturated rings. The lowest BCUT2D eigenvalue weighted by Gasteiger charge is -1.98. The predicted octanol–water partition coefficient (Wildman–Crippen LogP) is 3.15. The third kappa shape index (κ3) is 6.22. The minimum atomic E-state index is -1.14. The largest absolute Gasteiger partial charge is 0.473 e. The molecular formula is C10H14O2S. The van der Waals surface area contributed by atoms with Crippen LogP contribution >= 0.6 is 12.6 Å². The van der Waals surface area contributed by atoms with Gasteiger partial charge in [-0.25, -0.2) is 4.79 Å². The summed E-state index contributed by atoms with van der Waals surface area (Å²) in [7, 11) is 0. The maximum absolute atomic E-state index is 8.86. The molecular weight excluding hydrogens is 184 g/mol. The lowest BCUT2D eigenvalue weighted by atomic mass is 10.1. The summed E-state index contributed by atoms with van der Waals surface area (Å²) < 4.78 is 0. The van der Waals surface area contributed by atoms with Crippen molar-refractivity contribution in [2.45, 2.75) is 20.3 Å². The first kappa shape index (κ1) is 12.0. The predicted molar refractivity (Wildman–Crippen MR) is 57.6 cm³/mol. The van der Waals surface area contributed by atoms with Gasteiger partial charge >= 0.3 is 5.30 Å². The highest BCUT2D eigenvalue weighted by molar-refractivity contribution is 7.96. The van der Waals surface area contributed by atoms with Crippen molar-refractivity contribution in [3.8, 4) is 0 Å². The molecule has 0 spiro atoms. The van der Waals surface area contributed by atoms with Crippen LogP contribution in [0.4, 0.5) is 4.79 Å². The Morgan fingerprint density at radius 3 is 2.23 bits per heavy atom. The van der Waals surface area contributed by atoms with Gasteiger partial charge in [-0.3, -0.25) is 0 Å². The van der Waals surface area contributed by atoms with Crippen LogP contribution in [0.5, 0.6) is 0 Å². The van der Waals surface area contributed by atoms with E-state index in [0.717, 1.165) is 6.42 Å². The summed E-state index contributed by atoms with van der Waals surface area (Å²) in [6.45, 7) is 4.33. The highest BCUT2D eigenvalue weighted by Gasteiger charge is 1.89. The van der Waals surface area contributed by atoms with Crippen LogP contribution in [0.15, 0.2) is 24.3 Å². The second-order valence-corrected chi connectivity index (χ2v) is 2.95. The van der Waals surface area contributed by atoms with Crippen LogP contribution in [0, 0.1) is 6.92 Å². The number of thiol groups is 1. The monoisotopic (exact) mass is 198 g/mol. The molecule has 0 saturated heterocycles. The second-order valence-electron chi connectivity index (χ2n) is 2.56. The molecule has 0 bridgehead atoms. The van der Waals surface area contributed by atoms with Crippen molar-refractivity contribution in [3.05, 3.63) is 35.4 Å². The Hall–Kier alpha value is -0.960. The molecule has 0 amide bonds. The van der Waals surface area contributed by atoms with Crippen molar-refractivity contribution < 1.29 is 9.90 Å². The highest BCUT2D eigenvalue weighted by atomic mass is 32.1. The van der Waals surface area contributed by atoms with E-state index in [4.69, 9.17) is 9.90 Å². The number of benzene rings is 1. The van der Waals surface area contributed by atoms with Gasteiger partial charge in [-0.05, 0) is 24.5 Å². The molecule has 0 atom stereocenters. The van der Waals surface area contributed by atoms with E-state index in [-0.39, 0.29) is 0 Å². The number of hydrogen-bond donors (Lipinski definition) is 2. The molecule has 0 aliphatic heterocycles. The number of rotatable bonds is 1. The Bertz CT molecular complexity index is 267. The summed E-state index contributed by atoms with van der Waals surface area (Å²) in [6, 6.07) is 8.49. The quantitative estimate of drug-likeness (QED) is 0.680. The van der Waals surface area contributed by atoms with Crippen molar-refractivity contribution in [2.24, 2.45) is 0 Å². The number of carbonyl (C=O) groups is 1. The molecule has 0 aliphatic rings. The molecule has 0 unspecified atom stereocenters. The highest BCUT2D eigenvalue weighted by Crippen LogP contribution is 2.06. The van der Waals surface area contributed by atoms with Gasteiger partial charge in [0, 0.05) is 0 Å². The Morgan fingerprint density at radius 2 is 1.92 bits per heavy atom. The van der Waals surface area contributed by atoms with E-state index in [1.165, 1.54) is 11.1 Å². The summed E-state index contributed by atoms with van der Waals surface area (Å²) >= 11 is 2.88. The van der Waals surface area contributed by atoms with E-state index >= 15 is 0 Å². The lowest BCUT2D eigenvalue weighted by molar-refractivity contribution is 0.222. The van der Waals surface area contributed by atoms with Crippen LogP contribution in [0.1, 0.15) is 18.1 Å². The van der Waals surface area contributed by atoms with E-state index in [0.29, 0.717) is 0 Å². The molecule has 1 aromatic rings. The SMILES string of the molecule is CCc1ccccc1C.O=C(O)S. The summed E-state index contributed by atoms with van der Waals surface area (Å²) in [5.74, 6) is 0. The van der Waals surface area contributed by atoms with Gasteiger partial charge in [-0.15, -0.1) is 0 Å². The van der Waals surface area contributed by atoms with Crippen molar-refractivity contribution in [3.63, 3.8) is 0 Å². The van der Waals surface area contributed by atoms with Gasteiger partial charge in [0.1, 0.15) is 0 Å². The zero-order chi connectivity index (χ0) is 10.3. The van der Waals surface area contributed by atoms with Crippen LogP contribution < -0.4 is 0 Å². The molecule has 0 saturated carbocycles. The van der Waals surface area contributed by atoms with Crippen molar-refractivity contribution in [1.82, 2.24) is 0 Å². The summed E-state index contributed by atoms with van der Waals surface area (Å²) in [4.78, 5) is 8.86. The molecule has 1 rings (SSSR count). The fourth-order valence-corrected chi connectivity index (χ4v) is 1.01. The molecule has 0 radical (unpaired) electrons. The van der Waals surface area contributed by atoms with Crippen LogP contribution in [0.3, 0.4) is 0 Å². The summed E-state index contributed by atoms with van der Waals surface area (Å²) in [5, 5.41) is 6.14. The van der Waals surface area contributed by atoms with Gasteiger partial charge in [0.15, 0.2) is 0 Å². The third-order valence-electron chi connectivity index (χ3n) is 1.64. The van der Waals surface area contributed by atoms with E-state index < -0.39 is 5.30 Å². The normalized spacial score (nSPS) is 8.54. The first-order chi connectivity index (χ1) is 6.07. The third-order valence-corrected chi connectivity index (χ3v) is 1.64. The Balaban J connectivity index is 0.000000310. The van der Waals surface area contributed by atoms with Gasteiger partial charge in [-0.2, -0.15) is 0 Å². The number of aryl methyl sites for hydroxylation is 2. The van der Waals surface area contributed by atoms with Gasteiger partial charge < -0.3 is 5.11 Å². The maximum atomic E-state index is 8.86. The molecule has 72 valence electrons. The molecule has 1 N–H and O–H groups in total. The fourth-order valence-electron chi connectivity index (χ4n) is 1.01. The van der Waals surface area contributed by atoms with Gasteiger partial charge in [0.25, 0.3) is 0 Å². The molecule has 0 aromatic heterocycles. The first-order valence-electron chi connectivity index (χ1n) is 4.04. The summed E-state index contributed by atoms with van der Waals surface area (Å²) in [5.41, 5.74) is 2.86. The number of carboxylic acid groups (broad SMARTS) is 1. The van der Waals surface area contributed by atoms with Crippen LogP contribution in [0.25, 0.3) is 0 Å². The Morgan fingerprint density at radius 1 is 1.46 bits per heavy atom. The van der Waals surface area contributed by atoms with E-state index in [9.17, 15) is 0 Å². The zero-order valence-electron chi connectivity index (χ0n) is 7.82. The zero-order valence-corrected chi connectivity index (χ0v) is 8.71. The summed E-state index contributed by atoms with van der Waals surface area (Å²) in [6.07, 6.45) is 1.15. The smallest absolute Gasteiger partial charge is 0.361 e. The van der Waals surface area contributed by atoms with Crippen molar-refractivity contribution >= 4 is 17.9 Å². The Kier molecular flexibility index (Phi) is 6.06. The topological polar surface area (TPSA) is 37.3 Å². The lowest BCUT2D eigenvalue weighted by Crippen LogP contribution is -1.82. The second kappa shape index (κ2) is 6.54. The van der Waals surface area contributed by atoms with E-state index in [1.54, 1.807) is 0 Å².